The molecule has 194 valence electrons. The van der Waals surface area contributed by atoms with Gasteiger partial charge in [-0.05, 0) is 79.8 Å². The lowest BCUT2D eigenvalue weighted by molar-refractivity contribution is -0.139. The summed E-state index contributed by atoms with van der Waals surface area (Å²) in [6, 6.07) is 15.7. The van der Waals surface area contributed by atoms with Crippen molar-refractivity contribution >= 4 is 29.2 Å². The van der Waals surface area contributed by atoms with Crippen LogP contribution in [0.5, 0.6) is 5.75 Å². The summed E-state index contributed by atoms with van der Waals surface area (Å²) >= 11 is 12.8. The Balaban J connectivity index is 1.86. The lowest BCUT2D eigenvalue weighted by atomic mass is 9.73. The second-order valence-electron chi connectivity index (χ2n) is 9.60. The van der Waals surface area contributed by atoms with Crippen LogP contribution in [-0.4, -0.2) is 17.7 Å². The summed E-state index contributed by atoms with van der Waals surface area (Å²) in [6.45, 7) is 9.46. The van der Waals surface area contributed by atoms with Gasteiger partial charge in [0.05, 0.1) is 12.2 Å². The molecule has 1 aliphatic heterocycles. The van der Waals surface area contributed by atoms with E-state index in [2.05, 4.69) is 6.58 Å². The van der Waals surface area contributed by atoms with E-state index in [1.807, 2.05) is 45.0 Å². The highest BCUT2D eigenvalue weighted by molar-refractivity contribution is 6.32. The van der Waals surface area contributed by atoms with Gasteiger partial charge in [-0.3, -0.25) is 0 Å². The number of halogens is 3. The van der Waals surface area contributed by atoms with Crippen molar-refractivity contribution in [2.45, 2.75) is 45.3 Å². The second-order valence-corrected chi connectivity index (χ2v) is 10.4. The van der Waals surface area contributed by atoms with Gasteiger partial charge < -0.3 is 14.6 Å². The maximum absolute atomic E-state index is 13.8. The maximum atomic E-state index is 13.8. The van der Waals surface area contributed by atoms with Crippen LogP contribution >= 0.6 is 23.2 Å². The molecule has 4 atom stereocenters. The SMILES string of the molecule is C=C(C)[C@H]1C[C@H](c2ccc(Cl)cc2)[C@H](c2ccc(F)cc2)O[C@@H]1c1c(OCC(=O)O)cc(C)c(Cl)c1C. The summed E-state index contributed by atoms with van der Waals surface area (Å²) in [5.41, 5.74) is 5.04. The highest BCUT2D eigenvalue weighted by Crippen LogP contribution is 2.54. The van der Waals surface area contributed by atoms with Crippen LogP contribution in [0.2, 0.25) is 10.0 Å². The summed E-state index contributed by atoms with van der Waals surface area (Å²) in [4.78, 5) is 11.3. The molecule has 0 saturated carbocycles. The number of aliphatic carboxylic acids is 1. The predicted molar refractivity (Wildman–Crippen MR) is 144 cm³/mol. The number of hydrogen-bond acceptors (Lipinski definition) is 3. The van der Waals surface area contributed by atoms with Gasteiger partial charge >= 0.3 is 5.97 Å². The molecule has 1 saturated heterocycles. The molecule has 0 spiro atoms. The Morgan fingerprint density at radius 1 is 1.08 bits per heavy atom. The molecule has 1 fully saturated rings. The van der Waals surface area contributed by atoms with Crippen molar-refractivity contribution < 1.29 is 23.8 Å². The number of carboxylic acid groups (broad SMARTS) is 1. The zero-order valence-electron chi connectivity index (χ0n) is 20.9. The fourth-order valence-corrected chi connectivity index (χ4v) is 5.41. The molecule has 0 radical (unpaired) electrons. The van der Waals surface area contributed by atoms with E-state index in [0.29, 0.717) is 27.8 Å². The van der Waals surface area contributed by atoms with Crippen molar-refractivity contribution in [2.24, 2.45) is 5.92 Å². The third kappa shape index (κ3) is 5.85. The van der Waals surface area contributed by atoms with E-state index in [-0.39, 0.29) is 17.7 Å². The third-order valence-electron chi connectivity index (χ3n) is 6.99. The molecule has 0 amide bonds. The molecule has 37 heavy (non-hydrogen) atoms. The summed E-state index contributed by atoms with van der Waals surface area (Å²) in [5, 5.41) is 10.5. The lowest BCUT2D eigenvalue weighted by Crippen LogP contribution is -2.32. The average Bonchev–Trinajstić information content (AvgIpc) is 2.86. The highest BCUT2D eigenvalue weighted by atomic mass is 35.5. The first-order valence-corrected chi connectivity index (χ1v) is 12.8. The number of aryl methyl sites for hydroxylation is 1. The number of carbonyl (C=O) groups is 1. The minimum Gasteiger partial charge on any atom is -0.482 e. The molecule has 0 unspecified atom stereocenters. The minimum absolute atomic E-state index is 0.0645. The van der Waals surface area contributed by atoms with Gasteiger partial charge in [-0.1, -0.05) is 59.6 Å². The van der Waals surface area contributed by atoms with E-state index in [0.717, 1.165) is 27.8 Å². The number of rotatable bonds is 7. The number of ether oxygens (including phenoxy) is 2. The van der Waals surface area contributed by atoms with E-state index in [1.165, 1.54) is 12.1 Å². The Hall–Kier alpha value is -2.86. The Morgan fingerprint density at radius 3 is 2.30 bits per heavy atom. The molecule has 0 aromatic heterocycles. The van der Waals surface area contributed by atoms with Gasteiger partial charge in [0.2, 0.25) is 0 Å². The first-order valence-electron chi connectivity index (χ1n) is 12.0. The summed E-state index contributed by atoms with van der Waals surface area (Å²) in [7, 11) is 0. The van der Waals surface area contributed by atoms with Crippen LogP contribution in [-0.2, 0) is 9.53 Å². The minimum atomic E-state index is -1.08. The molecule has 3 aromatic carbocycles. The van der Waals surface area contributed by atoms with E-state index >= 15 is 0 Å². The van der Waals surface area contributed by atoms with Crippen LogP contribution in [0.15, 0.2) is 66.7 Å². The molecule has 4 rings (SSSR count). The van der Waals surface area contributed by atoms with Crippen molar-refractivity contribution in [3.05, 3.63) is 110 Å². The molecule has 0 bridgehead atoms. The molecule has 0 aliphatic carbocycles. The number of benzene rings is 3. The monoisotopic (exact) mass is 542 g/mol. The van der Waals surface area contributed by atoms with Crippen LogP contribution in [0, 0.1) is 25.6 Å². The number of carboxylic acids is 1. The van der Waals surface area contributed by atoms with Gasteiger partial charge in [0, 0.05) is 27.4 Å². The Morgan fingerprint density at radius 2 is 1.70 bits per heavy atom. The molecule has 7 heteroatoms. The average molecular weight is 543 g/mol. The van der Waals surface area contributed by atoms with E-state index in [4.69, 9.17) is 32.7 Å². The molecule has 1 N–H and O–H groups in total. The van der Waals surface area contributed by atoms with Crippen molar-refractivity contribution in [1.29, 1.82) is 0 Å². The number of hydrogen-bond donors (Lipinski definition) is 1. The zero-order valence-corrected chi connectivity index (χ0v) is 22.4. The summed E-state index contributed by atoms with van der Waals surface area (Å²) in [6.07, 6.45) is -0.250. The van der Waals surface area contributed by atoms with Crippen LogP contribution in [0.4, 0.5) is 4.39 Å². The van der Waals surface area contributed by atoms with Crippen molar-refractivity contribution in [2.75, 3.05) is 6.61 Å². The van der Waals surface area contributed by atoms with Crippen LogP contribution in [0.25, 0.3) is 0 Å². The van der Waals surface area contributed by atoms with Gasteiger partial charge in [-0.2, -0.15) is 0 Å². The van der Waals surface area contributed by atoms with E-state index < -0.39 is 24.8 Å². The van der Waals surface area contributed by atoms with E-state index in [9.17, 15) is 14.3 Å². The Kier molecular flexibility index (Phi) is 8.27. The van der Waals surface area contributed by atoms with E-state index in [1.54, 1.807) is 18.2 Å². The van der Waals surface area contributed by atoms with Crippen molar-refractivity contribution in [3.63, 3.8) is 0 Å². The fraction of sp³-hybridized carbons (Fsp3) is 0.300. The quantitative estimate of drug-likeness (QED) is 0.304. The van der Waals surface area contributed by atoms with Gasteiger partial charge in [-0.25, -0.2) is 9.18 Å². The summed E-state index contributed by atoms with van der Waals surface area (Å²) < 4.78 is 26.5. The standard InChI is InChI=1S/C30H29Cl2FO4/c1-16(2)23-14-24(19-5-9-21(31)10-6-19)29(20-7-11-22(33)12-8-20)37-30(23)27-18(4)28(32)17(3)13-25(27)36-15-26(34)35/h5-13,23-24,29-30H,1,14-15H2,2-4H3,(H,34,35)/t23-,24-,29+,30+/m1/s1. The molecule has 4 nitrogen and oxygen atoms in total. The first-order chi connectivity index (χ1) is 17.6. The zero-order chi connectivity index (χ0) is 26.9. The van der Waals surface area contributed by atoms with Crippen molar-refractivity contribution in [1.82, 2.24) is 0 Å². The van der Waals surface area contributed by atoms with Gasteiger partial charge in [0.25, 0.3) is 0 Å². The van der Waals surface area contributed by atoms with Gasteiger partial charge in [0.15, 0.2) is 6.61 Å². The maximum Gasteiger partial charge on any atom is 0.341 e. The predicted octanol–water partition coefficient (Wildman–Crippen LogP) is 8.39. The molecular weight excluding hydrogens is 514 g/mol. The molecule has 1 aliphatic rings. The lowest BCUT2D eigenvalue weighted by Gasteiger charge is -2.44. The fourth-order valence-electron chi connectivity index (χ4n) is 5.13. The van der Waals surface area contributed by atoms with Crippen LogP contribution in [0.3, 0.4) is 0 Å². The second kappa shape index (κ2) is 11.3. The first kappa shape index (κ1) is 27.2. The normalized spacial score (nSPS) is 21.5. The molecule has 1 heterocycles. The Bertz CT molecular complexity index is 1300. The third-order valence-corrected chi connectivity index (χ3v) is 7.82. The molecular formula is C30H29Cl2FO4. The van der Waals surface area contributed by atoms with Crippen LogP contribution < -0.4 is 4.74 Å². The van der Waals surface area contributed by atoms with Gasteiger partial charge in [0.1, 0.15) is 11.6 Å². The summed E-state index contributed by atoms with van der Waals surface area (Å²) in [5.74, 6) is -1.18. The Labute approximate surface area is 226 Å². The molecule has 3 aromatic rings. The largest absolute Gasteiger partial charge is 0.482 e. The van der Waals surface area contributed by atoms with Gasteiger partial charge in [-0.15, -0.1) is 0 Å². The topological polar surface area (TPSA) is 55.8 Å². The highest BCUT2D eigenvalue weighted by Gasteiger charge is 2.42. The smallest absolute Gasteiger partial charge is 0.341 e. The van der Waals surface area contributed by atoms with Crippen LogP contribution in [0.1, 0.15) is 59.3 Å². The van der Waals surface area contributed by atoms with Crippen molar-refractivity contribution in [3.8, 4) is 5.75 Å².